The third-order valence-corrected chi connectivity index (χ3v) is 6.99. The molecule has 10 nitrogen and oxygen atoms in total. The number of ether oxygens (including phenoxy) is 1. The van der Waals surface area contributed by atoms with E-state index in [1.165, 1.54) is 19.2 Å². The molecule has 2 aliphatic heterocycles. The first-order valence-electron chi connectivity index (χ1n) is 11.5. The Labute approximate surface area is 182 Å². The van der Waals surface area contributed by atoms with Crippen LogP contribution in [0.2, 0.25) is 0 Å². The van der Waals surface area contributed by atoms with Gasteiger partial charge in [0, 0.05) is 38.8 Å². The van der Waals surface area contributed by atoms with Crippen molar-refractivity contribution in [2.45, 2.75) is 62.7 Å². The van der Waals surface area contributed by atoms with Crippen LogP contribution in [0.1, 0.15) is 38.3 Å². The smallest absolute Gasteiger partial charge is 0.167 e. The summed E-state index contributed by atoms with van der Waals surface area (Å²) in [5, 5.41) is 24.8. The van der Waals surface area contributed by atoms with E-state index in [2.05, 4.69) is 37.1 Å². The third-order valence-electron chi connectivity index (χ3n) is 6.99. The highest BCUT2D eigenvalue weighted by atomic mass is 16.6. The van der Waals surface area contributed by atoms with Crippen LogP contribution in [0, 0.1) is 0 Å². The molecule has 1 aliphatic carbocycles. The second-order valence-corrected chi connectivity index (χ2v) is 9.15. The van der Waals surface area contributed by atoms with Gasteiger partial charge in [-0.15, -0.1) is 0 Å². The largest absolute Gasteiger partial charge is 0.388 e. The van der Waals surface area contributed by atoms with E-state index in [-0.39, 0.29) is 0 Å². The first-order chi connectivity index (χ1) is 15.1. The number of aliphatic hydroxyl groups excluding tert-OH is 2. The highest BCUT2D eigenvalue weighted by Crippen LogP contribution is 2.34. The van der Waals surface area contributed by atoms with Gasteiger partial charge in [0.15, 0.2) is 23.2 Å². The van der Waals surface area contributed by atoms with E-state index >= 15 is 0 Å². The molecule has 2 aromatic heterocycles. The second kappa shape index (κ2) is 8.95. The molecule has 4 atom stereocenters. The Morgan fingerprint density at radius 1 is 1.06 bits per heavy atom. The number of hydrogen-bond donors (Lipinski definition) is 3. The van der Waals surface area contributed by atoms with E-state index in [0.717, 1.165) is 51.4 Å². The maximum atomic E-state index is 10.7. The van der Waals surface area contributed by atoms with Gasteiger partial charge in [-0.25, -0.2) is 15.0 Å². The monoisotopic (exact) mass is 431 g/mol. The van der Waals surface area contributed by atoms with Gasteiger partial charge in [-0.2, -0.15) is 0 Å². The van der Waals surface area contributed by atoms with Gasteiger partial charge in [-0.3, -0.25) is 4.57 Å². The lowest BCUT2D eigenvalue weighted by atomic mass is 10.1. The maximum Gasteiger partial charge on any atom is 0.167 e. The van der Waals surface area contributed by atoms with Gasteiger partial charge in [-0.05, 0) is 26.3 Å². The third kappa shape index (κ3) is 4.27. The van der Waals surface area contributed by atoms with E-state index in [4.69, 9.17) is 4.74 Å². The Kier molecular flexibility index (Phi) is 6.07. The normalized spacial score (nSPS) is 31.1. The van der Waals surface area contributed by atoms with Crippen molar-refractivity contribution in [1.29, 1.82) is 0 Å². The number of anilines is 1. The topological polar surface area (TPSA) is 112 Å². The fourth-order valence-electron chi connectivity index (χ4n) is 4.99. The molecule has 10 heteroatoms. The summed E-state index contributed by atoms with van der Waals surface area (Å²) in [7, 11) is 2.13. The van der Waals surface area contributed by atoms with Crippen LogP contribution in [0.4, 0.5) is 5.82 Å². The molecule has 2 aromatic rings. The van der Waals surface area contributed by atoms with Crippen molar-refractivity contribution in [3.8, 4) is 0 Å². The quantitative estimate of drug-likeness (QED) is 0.600. The van der Waals surface area contributed by atoms with E-state index in [1.54, 1.807) is 10.9 Å². The number of piperazine rings is 1. The van der Waals surface area contributed by atoms with Crippen molar-refractivity contribution in [2.24, 2.45) is 0 Å². The number of rotatable bonds is 6. The van der Waals surface area contributed by atoms with Crippen LogP contribution in [-0.2, 0) is 4.74 Å². The fourth-order valence-corrected chi connectivity index (χ4v) is 4.99. The molecule has 0 amide bonds. The summed E-state index contributed by atoms with van der Waals surface area (Å²) in [6.07, 6.45) is 5.45. The molecule has 4 unspecified atom stereocenters. The number of aromatic nitrogens is 4. The average molecular weight is 432 g/mol. The van der Waals surface area contributed by atoms with Gasteiger partial charge < -0.3 is 30.1 Å². The first-order valence-corrected chi connectivity index (χ1v) is 11.5. The predicted octanol–water partition coefficient (Wildman–Crippen LogP) is 0.438. The molecule has 0 radical (unpaired) electrons. The zero-order valence-electron chi connectivity index (χ0n) is 18.1. The molecule has 4 heterocycles. The molecule has 0 spiro atoms. The standard InChI is InChI=1S/C21H33N7O3/c1-26-8-10-27(11-9-26)7-6-15-17(29)18(30)21(31-15)28-13-24-16-19(22-12-23-20(16)28)25-14-4-2-3-5-14/h12-15,17-18,21,29-30H,2-11H2,1H3,(H,22,23,25). The molecule has 3 N–H and O–H groups in total. The molecule has 2 saturated heterocycles. The maximum absolute atomic E-state index is 10.7. The predicted molar refractivity (Wildman–Crippen MR) is 116 cm³/mol. The summed E-state index contributed by atoms with van der Waals surface area (Å²) in [5.74, 6) is 0.718. The van der Waals surface area contributed by atoms with Crippen molar-refractivity contribution in [3.05, 3.63) is 12.7 Å². The van der Waals surface area contributed by atoms with Crippen LogP contribution in [0.5, 0.6) is 0 Å². The molecule has 1 saturated carbocycles. The van der Waals surface area contributed by atoms with Crippen LogP contribution in [0.25, 0.3) is 11.2 Å². The summed E-state index contributed by atoms with van der Waals surface area (Å²) >= 11 is 0. The first kappa shape index (κ1) is 21.0. The van der Waals surface area contributed by atoms with Crippen molar-refractivity contribution >= 4 is 17.0 Å². The fraction of sp³-hybridized carbons (Fsp3) is 0.762. The number of hydrogen-bond acceptors (Lipinski definition) is 9. The van der Waals surface area contributed by atoms with Crippen LogP contribution in [-0.4, -0.2) is 104 Å². The Morgan fingerprint density at radius 3 is 2.61 bits per heavy atom. The Hall–Kier alpha value is -1.85. The van der Waals surface area contributed by atoms with E-state index in [0.29, 0.717) is 23.6 Å². The minimum absolute atomic E-state index is 0.414. The summed E-state index contributed by atoms with van der Waals surface area (Å²) in [6.45, 7) is 4.99. The van der Waals surface area contributed by atoms with Crippen molar-refractivity contribution in [1.82, 2.24) is 29.3 Å². The SMILES string of the molecule is CN1CCN(CCC2OC(n3cnc4c(NC5CCCC5)ncnc43)C(O)C2O)CC1. The lowest BCUT2D eigenvalue weighted by molar-refractivity contribution is -0.0397. The summed E-state index contributed by atoms with van der Waals surface area (Å²) in [5.41, 5.74) is 1.27. The number of fused-ring (bicyclic) bond motifs is 1. The van der Waals surface area contributed by atoms with Crippen LogP contribution in [0.3, 0.4) is 0 Å². The molecule has 5 rings (SSSR count). The molecule has 3 fully saturated rings. The summed E-state index contributed by atoms with van der Waals surface area (Å²) < 4.78 is 7.85. The van der Waals surface area contributed by atoms with Gasteiger partial charge in [0.25, 0.3) is 0 Å². The van der Waals surface area contributed by atoms with Gasteiger partial charge in [0.2, 0.25) is 0 Å². The Bertz CT molecular complexity index is 879. The van der Waals surface area contributed by atoms with Gasteiger partial charge >= 0.3 is 0 Å². The minimum Gasteiger partial charge on any atom is -0.388 e. The molecule has 3 aliphatic rings. The van der Waals surface area contributed by atoms with Crippen LogP contribution < -0.4 is 5.32 Å². The molecule has 0 bridgehead atoms. The molecular formula is C21H33N7O3. The summed E-state index contributed by atoms with van der Waals surface area (Å²) in [4.78, 5) is 18.0. The van der Waals surface area contributed by atoms with E-state index in [1.807, 2.05) is 0 Å². The minimum atomic E-state index is -1.03. The van der Waals surface area contributed by atoms with Gasteiger partial charge in [-0.1, -0.05) is 12.8 Å². The zero-order valence-corrected chi connectivity index (χ0v) is 18.1. The van der Waals surface area contributed by atoms with Crippen LogP contribution in [0.15, 0.2) is 12.7 Å². The van der Waals surface area contributed by atoms with Crippen LogP contribution >= 0.6 is 0 Å². The van der Waals surface area contributed by atoms with Crippen molar-refractivity contribution in [2.75, 3.05) is 45.1 Å². The molecular weight excluding hydrogens is 398 g/mol. The average Bonchev–Trinajstić information content (AvgIpc) is 3.50. The van der Waals surface area contributed by atoms with Gasteiger partial charge in [0.05, 0.1) is 12.4 Å². The highest BCUT2D eigenvalue weighted by molar-refractivity contribution is 5.82. The number of likely N-dealkylation sites (N-methyl/N-ethyl adjacent to an activating group) is 1. The molecule has 31 heavy (non-hydrogen) atoms. The molecule has 0 aromatic carbocycles. The van der Waals surface area contributed by atoms with Crippen molar-refractivity contribution in [3.63, 3.8) is 0 Å². The number of nitrogens with zero attached hydrogens (tertiary/aromatic N) is 6. The Morgan fingerprint density at radius 2 is 1.84 bits per heavy atom. The Balaban J connectivity index is 1.28. The summed E-state index contributed by atoms with van der Waals surface area (Å²) in [6, 6.07) is 0.414. The number of imidazole rings is 1. The lowest BCUT2D eigenvalue weighted by Crippen LogP contribution is -2.45. The molecule has 170 valence electrons. The van der Waals surface area contributed by atoms with Crippen molar-refractivity contribution < 1.29 is 14.9 Å². The lowest BCUT2D eigenvalue weighted by Gasteiger charge is -2.33. The number of aliphatic hydroxyl groups is 2. The van der Waals surface area contributed by atoms with Gasteiger partial charge in [0.1, 0.15) is 18.5 Å². The second-order valence-electron chi connectivity index (χ2n) is 9.15. The highest BCUT2D eigenvalue weighted by Gasteiger charge is 2.44. The number of nitrogens with one attached hydrogen (secondary N) is 1. The van der Waals surface area contributed by atoms with E-state index in [9.17, 15) is 10.2 Å². The zero-order chi connectivity index (χ0) is 21.4. The van der Waals surface area contributed by atoms with E-state index < -0.39 is 24.5 Å².